The van der Waals surface area contributed by atoms with E-state index in [0.29, 0.717) is 13.1 Å². The van der Waals surface area contributed by atoms with Crippen molar-refractivity contribution in [1.29, 1.82) is 0 Å². The normalized spacial score (nSPS) is 13.9. The number of aromatic nitrogens is 2. The lowest BCUT2D eigenvalue weighted by molar-refractivity contribution is -0.126. The number of hydrogen-bond acceptors (Lipinski definition) is 3. The van der Waals surface area contributed by atoms with E-state index in [1.165, 1.54) is 21.4 Å². The molecule has 2 aromatic rings. The molecule has 0 atom stereocenters. The molecule has 0 aliphatic carbocycles. The van der Waals surface area contributed by atoms with Crippen LogP contribution >= 0.6 is 11.3 Å². The number of amides is 1. The molecule has 0 N–H and O–H groups in total. The highest BCUT2D eigenvalue weighted by Gasteiger charge is 2.25. The SMILES string of the molecule is C=CC(=O)N1CC(=C=C(/C=C\C=C/C)c2cc(C)nn2C)c2cc(C)sc2C1. The van der Waals surface area contributed by atoms with Gasteiger partial charge < -0.3 is 4.90 Å². The third-order valence-corrected chi connectivity index (χ3v) is 5.59. The molecule has 4 nitrogen and oxygen atoms in total. The van der Waals surface area contributed by atoms with Crippen LogP contribution in [0.5, 0.6) is 0 Å². The fraction of sp³-hybridized carbons (Fsp3) is 0.261. The number of hydrogen-bond donors (Lipinski definition) is 0. The van der Waals surface area contributed by atoms with Crippen molar-refractivity contribution in [3.05, 3.63) is 81.5 Å². The monoisotopic (exact) mass is 391 g/mol. The van der Waals surface area contributed by atoms with Gasteiger partial charge in [-0.15, -0.1) is 17.1 Å². The molecule has 0 bridgehead atoms. The minimum absolute atomic E-state index is 0.0570. The van der Waals surface area contributed by atoms with Gasteiger partial charge in [-0.2, -0.15) is 5.10 Å². The Morgan fingerprint density at radius 3 is 2.71 bits per heavy atom. The van der Waals surface area contributed by atoms with E-state index in [9.17, 15) is 4.79 Å². The van der Waals surface area contributed by atoms with Crippen LogP contribution in [0.4, 0.5) is 0 Å². The van der Waals surface area contributed by atoms with Gasteiger partial charge in [0.25, 0.3) is 0 Å². The highest BCUT2D eigenvalue weighted by Crippen LogP contribution is 2.34. The molecule has 1 aliphatic heterocycles. The van der Waals surface area contributed by atoms with E-state index < -0.39 is 0 Å². The zero-order chi connectivity index (χ0) is 20.3. The third kappa shape index (κ3) is 4.16. The van der Waals surface area contributed by atoms with E-state index in [0.717, 1.165) is 22.5 Å². The van der Waals surface area contributed by atoms with Gasteiger partial charge in [-0.1, -0.05) is 24.8 Å². The fourth-order valence-electron chi connectivity index (χ4n) is 3.31. The molecule has 1 amide bonds. The molecule has 1 aliphatic rings. The summed E-state index contributed by atoms with van der Waals surface area (Å²) in [4.78, 5) is 16.5. The predicted molar refractivity (Wildman–Crippen MR) is 117 cm³/mol. The zero-order valence-corrected chi connectivity index (χ0v) is 17.6. The van der Waals surface area contributed by atoms with Crippen molar-refractivity contribution in [1.82, 2.24) is 14.7 Å². The van der Waals surface area contributed by atoms with Crippen LogP contribution in [0.15, 0.2) is 54.8 Å². The predicted octanol–water partition coefficient (Wildman–Crippen LogP) is 4.82. The number of fused-ring (bicyclic) bond motifs is 1. The van der Waals surface area contributed by atoms with Gasteiger partial charge in [0.2, 0.25) is 5.91 Å². The Labute approximate surface area is 170 Å². The number of carbonyl (C=O) groups excluding carboxylic acids is 1. The summed E-state index contributed by atoms with van der Waals surface area (Å²) < 4.78 is 1.87. The summed E-state index contributed by atoms with van der Waals surface area (Å²) >= 11 is 1.73. The number of carbonyl (C=O) groups is 1. The Balaban J connectivity index is 2.22. The van der Waals surface area contributed by atoms with Crippen molar-refractivity contribution in [2.24, 2.45) is 7.05 Å². The van der Waals surface area contributed by atoms with Crippen molar-refractivity contribution in [3.8, 4) is 0 Å². The van der Waals surface area contributed by atoms with Gasteiger partial charge in [0.1, 0.15) is 0 Å². The largest absolute Gasteiger partial charge is 0.329 e. The molecule has 3 heterocycles. The van der Waals surface area contributed by atoms with Crippen LogP contribution in [0.1, 0.15) is 33.6 Å². The quantitative estimate of drug-likeness (QED) is 0.426. The van der Waals surface area contributed by atoms with Crippen LogP contribution in [0.2, 0.25) is 0 Å². The Kier molecular flexibility index (Phi) is 5.98. The molecular formula is C23H25N3OS. The van der Waals surface area contributed by atoms with E-state index in [2.05, 4.69) is 36.5 Å². The number of rotatable bonds is 4. The molecular weight excluding hydrogens is 366 g/mol. The lowest BCUT2D eigenvalue weighted by atomic mass is 10.00. The Morgan fingerprint density at radius 2 is 2.07 bits per heavy atom. The van der Waals surface area contributed by atoms with Gasteiger partial charge in [-0.25, -0.2) is 0 Å². The molecule has 3 rings (SSSR count). The highest BCUT2D eigenvalue weighted by atomic mass is 32.1. The summed E-state index contributed by atoms with van der Waals surface area (Å²) in [7, 11) is 1.94. The summed E-state index contributed by atoms with van der Waals surface area (Å²) in [6, 6.07) is 4.25. The van der Waals surface area contributed by atoms with Gasteiger partial charge in [0.05, 0.1) is 24.5 Å². The van der Waals surface area contributed by atoms with Crippen molar-refractivity contribution >= 4 is 28.4 Å². The summed E-state index contributed by atoms with van der Waals surface area (Å²) in [5.74, 6) is -0.0570. The number of nitrogens with zero attached hydrogens (tertiary/aromatic N) is 3. The van der Waals surface area contributed by atoms with Crippen molar-refractivity contribution < 1.29 is 4.79 Å². The molecule has 0 spiro atoms. The average Bonchev–Trinajstić information content (AvgIpc) is 3.20. The summed E-state index contributed by atoms with van der Waals surface area (Å²) in [5.41, 5.74) is 8.69. The van der Waals surface area contributed by atoms with E-state index >= 15 is 0 Å². The second-order valence-corrected chi connectivity index (χ2v) is 8.13. The second-order valence-electron chi connectivity index (χ2n) is 6.79. The van der Waals surface area contributed by atoms with Crippen LogP contribution in [-0.4, -0.2) is 27.1 Å². The van der Waals surface area contributed by atoms with Gasteiger partial charge in [-0.05, 0) is 45.1 Å². The standard InChI is InChI=1S/C23H25N3OS/c1-6-8-9-10-18(21-11-16(3)24-25(21)5)13-19-14-26(23(27)7-2)15-22-20(19)12-17(4)28-22/h6-12H,2,14-15H2,1,3-5H3/b8-6-,10-9-. The third-order valence-electron chi connectivity index (χ3n) is 4.56. The maximum Gasteiger partial charge on any atom is 0.246 e. The number of aryl methyl sites for hydroxylation is 3. The highest BCUT2D eigenvalue weighted by molar-refractivity contribution is 7.12. The van der Waals surface area contributed by atoms with E-state index in [1.807, 2.05) is 54.8 Å². The summed E-state index contributed by atoms with van der Waals surface area (Å²) in [5, 5.41) is 4.48. The Hall–Kier alpha value is -2.88. The number of allylic oxidation sites excluding steroid dienone is 4. The topological polar surface area (TPSA) is 38.1 Å². The van der Waals surface area contributed by atoms with E-state index in [4.69, 9.17) is 0 Å². The lowest BCUT2D eigenvalue weighted by Gasteiger charge is -2.27. The Morgan fingerprint density at radius 1 is 1.29 bits per heavy atom. The van der Waals surface area contributed by atoms with Crippen molar-refractivity contribution in [2.75, 3.05) is 6.54 Å². The first-order valence-electron chi connectivity index (χ1n) is 9.24. The van der Waals surface area contributed by atoms with Gasteiger partial charge in [0, 0.05) is 33.5 Å². The molecule has 28 heavy (non-hydrogen) atoms. The van der Waals surface area contributed by atoms with Gasteiger partial charge in [0.15, 0.2) is 0 Å². The molecule has 144 valence electrons. The van der Waals surface area contributed by atoms with Crippen molar-refractivity contribution in [2.45, 2.75) is 27.3 Å². The number of thiophene rings is 1. The van der Waals surface area contributed by atoms with Gasteiger partial charge >= 0.3 is 0 Å². The van der Waals surface area contributed by atoms with E-state index in [1.54, 1.807) is 11.3 Å². The summed E-state index contributed by atoms with van der Waals surface area (Å²) in [6.07, 6.45) is 9.40. The summed E-state index contributed by atoms with van der Waals surface area (Å²) in [6.45, 7) is 10.9. The fourth-order valence-corrected chi connectivity index (χ4v) is 4.39. The van der Waals surface area contributed by atoms with Crippen molar-refractivity contribution in [3.63, 3.8) is 0 Å². The minimum Gasteiger partial charge on any atom is -0.329 e. The molecule has 2 aromatic heterocycles. The second kappa shape index (κ2) is 8.42. The molecule has 0 saturated carbocycles. The minimum atomic E-state index is -0.0570. The first-order valence-corrected chi connectivity index (χ1v) is 10.1. The van der Waals surface area contributed by atoms with Crippen LogP contribution in [0, 0.1) is 13.8 Å². The molecule has 0 fully saturated rings. The zero-order valence-electron chi connectivity index (χ0n) is 16.8. The molecule has 0 saturated heterocycles. The molecule has 0 aromatic carbocycles. The maximum absolute atomic E-state index is 12.3. The average molecular weight is 392 g/mol. The smallest absolute Gasteiger partial charge is 0.246 e. The molecule has 0 radical (unpaired) electrons. The van der Waals surface area contributed by atoms with Crippen LogP contribution < -0.4 is 0 Å². The van der Waals surface area contributed by atoms with Crippen LogP contribution in [-0.2, 0) is 18.4 Å². The first kappa shape index (κ1) is 19.9. The maximum atomic E-state index is 12.3. The molecule has 0 unspecified atom stereocenters. The lowest BCUT2D eigenvalue weighted by Crippen LogP contribution is -2.33. The van der Waals surface area contributed by atoms with Crippen LogP contribution in [0.3, 0.4) is 0 Å². The van der Waals surface area contributed by atoms with Gasteiger partial charge in [-0.3, -0.25) is 9.48 Å². The molecule has 5 heteroatoms. The van der Waals surface area contributed by atoms with Crippen LogP contribution in [0.25, 0.3) is 11.1 Å². The Bertz CT molecular complexity index is 1040. The van der Waals surface area contributed by atoms with E-state index in [-0.39, 0.29) is 5.91 Å². The first-order chi connectivity index (χ1) is 13.4.